The average molecular weight is 234 g/mol. The molecule has 1 saturated carbocycles. The Morgan fingerprint density at radius 3 is 2.41 bits per heavy atom. The third-order valence-electron chi connectivity index (χ3n) is 3.52. The third kappa shape index (κ3) is 3.45. The molecule has 0 saturated heterocycles. The lowest BCUT2D eigenvalue weighted by Crippen LogP contribution is -2.20. The summed E-state index contributed by atoms with van der Waals surface area (Å²) in [5, 5.41) is 0. The number of hydrogen-bond donors (Lipinski definition) is 2. The molecule has 0 heterocycles. The largest absolute Gasteiger partial charge is 0.493 e. The smallest absolute Gasteiger partial charge is 0.119 e. The standard InChI is InChI=1S/C14H22N2O/c15-9-14(16)12-5-7-13(8-6-12)17-10-11-3-1-2-4-11/h5-8,11,14H,1-4,9-10,15-16H2. The Hall–Kier alpha value is -1.06. The van der Waals surface area contributed by atoms with Gasteiger partial charge in [0.25, 0.3) is 0 Å². The molecule has 1 unspecified atom stereocenters. The molecular weight excluding hydrogens is 212 g/mol. The summed E-state index contributed by atoms with van der Waals surface area (Å²) in [5.74, 6) is 1.69. The molecule has 0 bridgehead atoms. The molecule has 1 aromatic carbocycles. The molecule has 0 radical (unpaired) electrons. The van der Waals surface area contributed by atoms with E-state index in [1.54, 1.807) is 0 Å². The van der Waals surface area contributed by atoms with Gasteiger partial charge in [0.15, 0.2) is 0 Å². The van der Waals surface area contributed by atoms with Crippen LogP contribution in [-0.4, -0.2) is 13.2 Å². The van der Waals surface area contributed by atoms with Crippen LogP contribution in [0.15, 0.2) is 24.3 Å². The highest BCUT2D eigenvalue weighted by Gasteiger charge is 2.15. The van der Waals surface area contributed by atoms with E-state index in [0.29, 0.717) is 6.54 Å². The highest BCUT2D eigenvalue weighted by Crippen LogP contribution is 2.25. The van der Waals surface area contributed by atoms with Gasteiger partial charge in [-0.1, -0.05) is 25.0 Å². The van der Waals surface area contributed by atoms with Crippen molar-refractivity contribution < 1.29 is 4.74 Å². The van der Waals surface area contributed by atoms with Crippen molar-refractivity contribution in [3.63, 3.8) is 0 Å². The number of benzene rings is 1. The molecule has 0 aromatic heterocycles. The van der Waals surface area contributed by atoms with E-state index in [4.69, 9.17) is 16.2 Å². The van der Waals surface area contributed by atoms with Crippen LogP contribution in [0.2, 0.25) is 0 Å². The van der Waals surface area contributed by atoms with E-state index < -0.39 is 0 Å². The van der Waals surface area contributed by atoms with Gasteiger partial charge in [0.05, 0.1) is 6.61 Å². The van der Waals surface area contributed by atoms with Crippen molar-refractivity contribution >= 4 is 0 Å². The van der Waals surface area contributed by atoms with E-state index in [1.807, 2.05) is 24.3 Å². The minimum Gasteiger partial charge on any atom is -0.493 e. The van der Waals surface area contributed by atoms with Gasteiger partial charge in [-0.05, 0) is 36.5 Å². The Bertz CT molecular complexity index is 331. The fourth-order valence-electron chi connectivity index (χ4n) is 2.34. The molecule has 17 heavy (non-hydrogen) atoms. The monoisotopic (exact) mass is 234 g/mol. The molecule has 2 rings (SSSR count). The van der Waals surface area contributed by atoms with Gasteiger partial charge < -0.3 is 16.2 Å². The normalized spacial score (nSPS) is 18.2. The Kier molecular flexibility index (Phi) is 4.40. The van der Waals surface area contributed by atoms with Gasteiger partial charge in [-0.2, -0.15) is 0 Å². The van der Waals surface area contributed by atoms with Gasteiger partial charge in [0, 0.05) is 12.6 Å². The van der Waals surface area contributed by atoms with Crippen LogP contribution in [0.1, 0.15) is 37.3 Å². The quantitative estimate of drug-likeness (QED) is 0.821. The molecule has 0 aliphatic heterocycles. The van der Waals surface area contributed by atoms with Crippen molar-refractivity contribution in [3.8, 4) is 5.75 Å². The zero-order valence-electron chi connectivity index (χ0n) is 10.3. The summed E-state index contributed by atoms with van der Waals surface area (Å²) >= 11 is 0. The van der Waals surface area contributed by atoms with E-state index in [-0.39, 0.29) is 6.04 Å². The number of nitrogens with two attached hydrogens (primary N) is 2. The van der Waals surface area contributed by atoms with Crippen LogP contribution in [0.3, 0.4) is 0 Å². The molecule has 3 nitrogen and oxygen atoms in total. The minimum absolute atomic E-state index is 0.0705. The molecular formula is C14H22N2O. The predicted octanol–water partition coefficient (Wildman–Crippen LogP) is 2.21. The number of ether oxygens (including phenoxy) is 1. The van der Waals surface area contributed by atoms with E-state index in [2.05, 4.69) is 0 Å². The highest BCUT2D eigenvalue weighted by molar-refractivity contribution is 5.29. The van der Waals surface area contributed by atoms with Crippen molar-refractivity contribution in [1.29, 1.82) is 0 Å². The van der Waals surface area contributed by atoms with E-state index in [0.717, 1.165) is 23.8 Å². The maximum Gasteiger partial charge on any atom is 0.119 e. The summed E-state index contributed by atoms with van der Waals surface area (Å²) in [6.45, 7) is 1.32. The van der Waals surface area contributed by atoms with Crippen molar-refractivity contribution in [3.05, 3.63) is 29.8 Å². The molecule has 1 aliphatic rings. The molecule has 4 N–H and O–H groups in total. The second-order valence-corrected chi connectivity index (χ2v) is 4.87. The van der Waals surface area contributed by atoms with Crippen molar-refractivity contribution in [2.45, 2.75) is 31.7 Å². The lowest BCUT2D eigenvalue weighted by atomic mass is 10.1. The fourth-order valence-corrected chi connectivity index (χ4v) is 2.34. The zero-order chi connectivity index (χ0) is 12.1. The van der Waals surface area contributed by atoms with E-state index in [9.17, 15) is 0 Å². The second kappa shape index (κ2) is 6.03. The molecule has 1 aliphatic carbocycles. The summed E-state index contributed by atoms with van der Waals surface area (Å²) in [7, 11) is 0. The van der Waals surface area contributed by atoms with Crippen LogP contribution in [0.5, 0.6) is 5.75 Å². The van der Waals surface area contributed by atoms with Gasteiger partial charge in [-0.15, -0.1) is 0 Å². The van der Waals surface area contributed by atoms with Crippen LogP contribution < -0.4 is 16.2 Å². The first-order chi connectivity index (χ1) is 8.29. The highest BCUT2D eigenvalue weighted by atomic mass is 16.5. The van der Waals surface area contributed by atoms with Crippen LogP contribution in [0.25, 0.3) is 0 Å². The Morgan fingerprint density at radius 1 is 1.18 bits per heavy atom. The summed E-state index contributed by atoms with van der Waals surface area (Å²) in [4.78, 5) is 0. The van der Waals surface area contributed by atoms with E-state index >= 15 is 0 Å². The molecule has 3 heteroatoms. The maximum atomic E-state index is 5.85. The third-order valence-corrected chi connectivity index (χ3v) is 3.52. The predicted molar refractivity (Wildman–Crippen MR) is 69.9 cm³/mol. The van der Waals surface area contributed by atoms with Gasteiger partial charge in [-0.25, -0.2) is 0 Å². The topological polar surface area (TPSA) is 61.3 Å². The second-order valence-electron chi connectivity index (χ2n) is 4.87. The molecule has 1 atom stereocenters. The van der Waals surface area contributed by atoms with Gasteiger partial charge in [0.2, 0.25) is 0 Å². The first-order valence-electron chi connectivity index (χ1n) is 6.48. The van der Waals surface area contributed by atoms with Crippen LogP contribution >= 0.6 is 0 Å². The van der Waals surface area contributed by atoms with Crippen molar-refractivity contribution in [1.82, 2.24) is 0 Å². The molecule has 1 fully saturated rings. The molecule has 94 valence electrons. The molecule has 0 spiro atoms. The molecule has 1 aromatic rings. The Morgan fingerprint density at radius 2 is 1.82 bits per heavy atom. The summed E-state index contributed by atoms with van der Waals surface area (Å²) in [5.41, 5.74) is 12.4. The Labute approximate surface area is 103 Å². The van der Waals surface area contributed by atoms with Crippen molar-refractivity contribution in [2.75, 3.05) is 13.2 Å². The lowest BCUT2D eigenvalue weighted by Gasteiger charge is -2.13. The van der Waals surface area contributed by atoms with Gasteiger partial charge >= 0.3 is 0 Å². The van der Waals surface area contributed by atoms with Crippen molar-refractivity contribution in [2.24, 2.45) is 17.4 Å². The summed E-state index contributed by atoms with van der Waals surface area (Å²) in [6.07, 6.45) is 5.35. The lowest BCUT2D eigenvalue weighted by molar-refractivity contribution is 0.252. The first kappa shape index (κ1) is 12.4. The summed E-state index contributed by atoms with van der Waals surface area (Å²) in [6, 6.07) is 7.90. The van der Waals surface area contributed by atoms with Crippen LogP contribution in [-0.2, 0) is 0 Å². The number of hydrogen-bond acceptors (Lipinski definition) is 3. The Balaban J connectivity index is 1.84. The minimum atomic E-state index is -0.0705. The van der Waals surface area contributed by atoms with Gasteiger partial charge in [0.1, 0.15) is 5.75 Å². The van der Waals surface area contributed by atoms with Crippen LogP contribution in [0.4, 0.5) is 0 Å². The molecule has 0 amide bonds. The first-order valence-corrected chi connectivity index (χ1v) is 6.48. The van der Waals surface area contributed by atoms with Gasteiger partial charge in [-0.3, -0.25) is 0 Å². The maximum absolute atomic E-state index is 5.85. The zero-order valence-corrected chi connectivity index (χ0v) is 10.3. The SMILES string of the molecule is NCC(N)c1ccc(OCC2CCCC2)cc1. The summed E-state index contributed by atoms with van der Waals surface area (Å²) < 4.78 is 5.79. The van der Waals surface area contributed by atoms with E-state index in [1.165, 1.54) is 25.7 Å². The average Bonchev–Trinajstić information content (AvgIpc) is 2.89. The fraction of sp³-hybridized carbons (Fsp3) is 0.571. The van der Waals surface area contributed by atoms with Crippen LogP contribution in [0, 0.1) is 5.92 Å². The number of rotatable bonds is 5.